The SMILES string of the molecule is O=C(CSCc1ccccc1Cl)Nc1ccc(Br)cc1. The molecule has 0 fully saturated rings. The lowest BCUT2D eigenvalue weighted by atomic mass is 10.2. The first kappa shape index (κ1) is 15.4. The second-order valence-electron chi connectivity index (χ2n) is 4.14. The fraction of sp³-hybridized carbons (Fsp3) is 0.133. The number of rotatable bonds is 5. The van der Waals surface area contributed by atoms with Crippen LogP contribution < -0.4 is 5.32 Å². The van der Waals surface area contributed by atoms with E-state index in [1.807, 2.05) is 48.5 Å². The maximum atomic E-state index is 11.8. The molecule has 1 amide bonds. The van der Waals surface area contributed by atoms with Gasteiger partial charge in [-0.3, -0.25) is 4.79 Å². The maximum Gasteiger partial charge on any atom is 0.234 e. The average molecular weight is 371 g/mol. The number of carbonyl (C=O) groups is 1. The summed E-state index contributed by atoms with van der Waals surface area (Å²) in [5.41, 5.74) is 1.85. The minimum atomic E-state index is -0.00984. The first-order chi connectivity index (χ1) is 9.65. The van der Waals surface area contributed by atoms with E-state index in [2.05, 4.69) is 21.2 Å². The predicted molar refractivity (Wildman–Crippen MR) is 90.4 cm³/mol. The fourth-order valence-corrected chi connectivity index (χ4v) is 2.98. The molecule has 2 aromatic rings. The van der Waals surface area contributed by atoms with Crippen molar-refractivity contribution in [2.24, 2.45) is 0 Å². The molecule has 1 N–H and O–H groups in total. The van der Waals surface area contributed by atoms with E-state index in [9.17, 15) is 4.79 Å². The first-order valence-electron chi connectivity index (χ1n) is 6.02. The van der Waals surface area contributed by atoms with Crippen molar-refractivity contribution < 1.29 is 4.79 Å². The van der Waals surface area contributed by atoms with Gasteiger partial charge in [-0.05, 0) is 35.9 Å². The summed E-state index contributed by atoms with van der Waals surface area (Å²) in [4.78, 5) is 11.8. The quantitative estimate of drug-likeness (QED) is 0.804. The second-order valence-corrected chi connectivity index (χ2v) is 6.45. The summed E-state index contributed by atoms with van der Waals surface area (Å²) in [5.74, 6) is 1.12. The predicted octanol–water partition coefficient (Wildman–Crippen LogP) is 4.97. The monoisotopic (exact) mass is 369 g/mol. The van der Waals surface area contributed by atoms with E-state index in [1.165, 1.54) is 0 Å². The van der Waals surface area contributed by atoms with Crippen LogP contribution >= 0.6 is 39.3 Å². The summed E-state index contributed by atoms with van der Waals surface area (Å²) in [5, 5.41) is 3.60. The van der Waals surface area contributed by atoms with Crippen molar-refractivity contribution in [2.45, 2.75) is 5.75 Å². The van der Waals surface area contributed by atoms with Gasteiger partial charge in [-0.1, -0.05) is 45.7 Å². The third-order valence-corrected chi connectivity index (χ3v) is 4.46. The molecule has 0 aliphatic carbocycles. The van der Waals surface area contributed by atoms with E-state index in [-0.39, 0.29) is 5.91 Å². The highest BCUT2D eigenvalue weighted by atomic mass is 79.9. The van der Waals surface area contributed by atoms with Gasteiger partial charge in [0.1, 0.15) is 0 Å². The van der Waals surface area contributed by atoms with Gasteiger partial charge in [0.15, 0.2) is 0 Å². The Bertz CT molecular complexity index is 589. The van der Waals surface area contributed by atoms with E-state index < -0.39 is 0 Å². The van der Waals surface area contributed by atoms with Gasteiger partial charge in [0.25, 0.3) is 0 Å². The molecule has 2 rings (SSSR count). The van der Waals surface area contributed by atoms with Crippen LogP contribution in [0.5, 0.6) is 0 Å². The summed E-state index contributed by atoms with van der Waals surface area (Å²) in [6.45, 7) is 0. The highest BCUT2D eigenvalue weighted by Crippen LogP contribution is 2.21. The van der Waals surface area contributed by atoms with Crippen LogP contribution in [0.2, 0.25) is 5.02 Å². The van der Waals surface area contributed by atoms with Gasteiger partial charge in [0, 0.05) is 20.9 Å². The van der Waals surface area contributed by atoms with E-state index in [0.717, 1.165) is 26.5 Å². The molecule has 0 spiro atoms. The summed E-state index contributed by atoms with van der Waals surface area (Å²) in [6.07, 6.45) is 0. The van der Waals surface area contributed by atoms with Crippen molar-refractivity contribution >= 4 is 50.9 Å². The Morgan fingerprint density at radius 1 is 1.15 bits per heavy atom. The van der Waals surface area contributed by atoms with E-state index in [1.54, 1.807) is 11.8 Å². The molecule has 5 heteroatoms. The topological polar surface area (TPSA) is 29.1 Å². The van der Waals surface area contributed by atoms with Crippen molar-refractivity contribution in [1.82, 2.24) is 0 Å². The molecule has 2 nitrogen and oxygen atoms in total. The molecule has 0 atom stereocenters. The van der Waals surface area contributed by atoms with Gasteiger partial charge in [0.05, 0.1) is 5.75 Å². The summed E-state index contributed by atoms with van der Waals surface area (Å²) in [7, 11) is 0. The van der Waals surface area contributed by atoms with Crippen LogP contribution in [0.1, 0.15) is 5.56 Å². The highest BCUT2D eigenvalue weighted by molar-refractivity contribution is 9.10. The number of anilines is 1. The molecular formula is C15H13BrClNOS. The van der Waals surface area contributed by atoms with Crippen molar-refractivity contribution in [2.75, 3.05) is 11.1 Å². The number of hydrogen-bond acceptors (Lipinski definition) is 2. The zero-order valence-electron chi connectivity index (χ0n) is 10.6. The minimum absolute atomic E-state index is 0.00984. The van der Waals surface area contributed by atoms with Crippen LogP contribution in [0.15, 0.2) is 53.0 Å². The lowest BCUT2D eigenvalue weighted by Crippen LogP contribution is -2.14. The summed E-state index contributed by atoms with van der Waals surface area (Å²) < 4.78 is 0.989. The van der Waals surface area contributed by atoms with Crippen molar-refractivity contribution in [3.8, 4) is 0 Å². The van der Waals surface area contributed by atoms with Gasteiger partial charge in [-0.2, -0.15) is 0 Å². The Hall–Kier alpha value is -0.970. The van der Waals surface area contributed by atoms with Crippen LogP contribution in [0.3, 0.4) is 0 Å². The van der Waals surface area contributed by atoms with Crippen molar-refractivity contribution in [3.05, 3.63) is 63.6 Å². The Morgan fingerprint density at radius 3 is 2.55 bits per heavy atom. The number of benzene rings is 2. The zero-order chi connectivity index (χ0) is 14.4. The molecule has 0 heterocycles. The molecule has 0 saturated heterocycles. The van der Waals surface area contributed by atoms with Crippen LogP contribution in [0.25, 0.3) is 0 Å². The highest BCUT2D eigenvalue weighted by Gasteiger charge is 2.04. The number of amides is 1. The minimum Gasteiger partial charge on any atom is -0.325 e. The number of halogens is 2. The van der Waals surface area contributed by atoms with E-state index >= 15 is 0 Å². The fourth-order valence-electron chi connectivity index (χ4n) is 1.60. The third kappa shape index (κ3) is 4.85. The van der Waals surface area contributed by atoms with Crippen molar-refractivity contribution in [3.63, 3.8) is 0 Å². The average Bonchev–Trinajstić information content (AvgIpc) is 2.43. The number of hydrogen-bond donors (Lipinski definition) is 1. The number of thioether (sulfide) groups is 1. The molecule has 104 valence electrons. The Kier molecular flexibility index (Phi) is 5.95. The molecular weight excluding hydrogens is 358 g/mol. The lowest BCUT2D eigenvalue weighted by molar-refractivity contribution is -0.113. The Morgan fingerprint density at radius 2 is 1.85 bits per heavy atom. The van der Waals surface area contributed by atoms with Crippen molar-refractivity contribution in [1.29, 1.82) is 0 Å². The largest absolute Gasteiger partial charge is 0.325 e. The van der Waals surface area contributed by atoms with Gasteiger partial charge < -0.3 is 5.32 Å². The van der Waals surface area contributed by atoms with Crippen LogP contribution in [-0.2, 0) is 10.5 Å². The number of carbonyl (C=O) groups excluding carboxylic acids is 1. The third-order valence-electron chi connectivity index (χ3n) is 2.58. The van der Waals surface area contributed by atoms with Gasteiger partial charge >= 0.3 is 0 Å². The van der Waals surface area contributed by atoms with Gasteiger partial charge in [-0.25, -0.2) is 0 Å². The molecule has 0 aliphatic rings. The molecule has 2 aromatic carbocycles. The summed E-state index contributed by atoms with van der Waals surface area (Å²) in [6, 6.07) is 15.2. The lowest BCUT2D eigenvalue weighted by Gasteiger charge is -2.06. The van der Waals surface area contributed by atoms with E-state index in [0.29, 0.717) is 5.75 Å². The first-order valence-corrected chi connectivity index (χ1v) is 8.34. The standard InChI is InChI=1S/C15H13BrClNOS/c16-12-5-7-13(8-6-12)18-15(19)10-20-9-11-3-1-2-4-14(11)17/h1-8H,9-10H2,(H,18,19). The maximum absolute atomic E-state index is 11.8. The molecule has 0 aliphatic heterocycles. The molecule has 0 unspecified atom stereocenters. The molecule has 0 bridgehead atoms. The van der Waals surface area contributed by atoms with Gasteiger partial charge in [-0.15, -0.1) is 11.8 Å². The smallest absolute Gasteiger partial charge is 0.234 e. The van der Waals surface area contributed by atoms with E-state index in [4.69, 9.17) is 11.6 Å². The van der Waals surface area contributed by atoms with Crippen LogP contribution in [0, 0.1) is 0 Å². The summed E-state index contributed by atoms with van der Waals surface area (Å²) >= 11 is 11.0. The Balaban J connectivity index is 1.78. The Labute approximate surface area is 136 Å². The zero-order valence-corrected chi connectivity index (χ0v) is 13.8. The molecule has 0 radical (unpaired) electrons. The molecule has 20 heavy (non-hydrogen) atoms. The molecule has 0 aromatic heterocycles. The number of nitrogens with one attached hydrogen (secondary N) is 1. The normalized spacial score (nSPS) is 10.3. The van der Waals surface area contributed by atoms with Crippen LogP contribution in [-0.4, -0.2) is 11.7 Å². The second kappa shape index (κ2) is 7.72. The van der Waals surface area contributed by atoms with Gasteiger partial charge in [0.2, 0.25) is 5.91 Å². The molecule has 0 saturated carbocycles. The van der Waals surface area contributed by atoms with Crippen LogP contribution in [0.4, 0.5) is 5.69 Å².